The fourth-order valence-corrected chi connectivity index (χ4v) is 2.03. The molecular formula is C16H22N4O3. The molecule has 0 saturated carbocycles. The van der Waals surface area contributed by atoms with Gasteiger partial charge in [-0.3, -0.25) is 0 Å². The van der Waals surface area contributed by atoms with Gasteiger partial charge in [0.15, 0.2) is 5.82 Å². The zero-order valence-corrected chi connectivity index (χ0v) is 13.7. The van der Waals surface area contributed by atoms with E-state index in [2.05, 4.69) is 15.5 Å². The zero-order chi connectivity index (χ0) is 16.7. The molecule has 0 saturated heterocycles. The Labute approximate surface area is 135 Å². The topological polar surface area (TPSA) is 80.5 Å². The van der Waals surface area contributed by atoms with Crippen molar-refractivity contribution in [3.8, 4) is 5.75 Å². The predicted octanol–water partition coefficient (Wildman–Crippen LogP) is 2.02. The molecule has 7 heteroatoms. The molecule has 0 spiro atoms. The number of carbonyl (C=O) groups is 1. The number of rotatable bonds is 7. The van der Waals surface area contributed by atoms with E-state index in [0.717, 1.165) is 11.3 Å². The third kappa shape index (κ3) is 4.98. The molecule has 0 aliphatic carbocycles. The van der Waals surface area contributed by atoms with Gasteiger partial charge in [-0.1, -0.05) is 24.2 Å². The number of hydrogen-bond donors (Lipinski definition) is 1. The van der Waals surface area contributed by atoms with Gasteiger partial charge in [0.25, 0.3) is 0 Å². The van der Waals surface area contributed by atoms with Crippen molar-refractivity contribution >= 4 is 6.03 Å². The summed E-state index contributed by atoms with van der Waals surface area (Å²) in [6, 6.07) is 7.49. The van der Waals surface area contributed by atoms with Crippen molar-refractivity contribution in [2.45, 2.75) is 26.3 Å². The lowest BCUT2D eigenvalue weighted by Gasteiger charge is -2.18. The molecule has 0 bridgehead atoms. The SMILES string of the molecule is CCc1nc(CCNC(=O)N(C)Cc2ccc(OC)cc2)no1. The lowest BCUT2D eigenvalue weighted by Crippen LogP contribution is -2.37. The average Bonchev–Trinajstić information content (AvgIpc) is 3.03. The lowest BCUT2D eigenvalue weighted by atomic mass is 10.2. The van der Waals surface area contributed by atoms with Crippen LogP contribution < -0.4 is 10.1 Å². The van der Waals surface area contributed by atoms with Crippen molar-refractivity contribution in [2.24, 2.45) is 0 Å². The molecule has 23 heavy (non-hydrogen) atoms. The van der Waals surface area contributed by atoms with Gasteiger partial charge in [-0.15, -0.1) is 0 Å². The van der Waals surface area contributed by atoms with Crippen LogP contribution >= 0.6 is 0 Å². The normalized spacial score (nSPS) is 10.4. The number of methoxy groups -OCH3 is 1. The van der Waals surface area contributed by atoms with Crippen molar-refractivity contribution < 1.29 is 14.1 Å². The lowest BCUT2D eigenvalue weighted by molar-refractivity contribution is 0.207. The Morgan fingerprint density at radius 1 is 1.35 bits per heavy atom. The molecule has 7 nitrogen and oxygen atoms in total. The van der Waals surface area contributed by atoms with Gasteiger partial charge in [0.1, 0.15) is 5.75 Å². The first-order valence-corrected chi connectivity index (χ1v) is 7.55. The van der Waals surface area contributed by atoms with Crippen LogP contribution in [0.1, 0.15) is 24.2 Å². The summed E-state index contributed by atoms with van der Waals surface area (Å²) in [5.74, 6) is 2.02. The number of benzene rings is 1. The third-order valence-electron chi connectivity index (χ3n) is 3.36. The maximum Gasteiger partial charge on any atom is 0.317 e. The molecule has 124 valence electrons. The first-order valence-electron chi connectivity index (χ1n) is 7.55. The van der Waals surface area contributed by atoms with Gasteiger partial charge >= 0.3 is 6.03 Å². The molecule has 0 fully saturated rings. The van der Waals surface area contributed by atoms with Crippen LogP contribution in [0.2, 0.25) is 0 Å². The quantitative estimate of drug-likeness (QED) is 0.845. The molecule has 1 heterocycles. The minimum Gasteiger partial charge on any atom is -0.497 e. The minimum absolute atomic E-state index is 0.139. The molecule has 0 unspecified atom stereocenters. The molecule has 2 aromatic rings. The zero-order valence-electron chi connectivity index (χ0n) is 13.7. The molecule has 0 aliphatic heterocycles. The number of urea groups is 1. The summed E-state index contributed by atoms with van der Waals surface area (Å²) in [5, 5.41) is 6.69. The van der Waals surface area contributed by atoms with E-state index in [1.807, 2.05) is 31.2 Å². The number of aromatic nitrogens is 2. The Kier molecular flexibility index (Phi) is 5.96. The Bertz CT molecular complexity index is 625. The Hall–Kier alpha value is -2.57. The van der Waals surface area contributed by atoms with Crippen LogP contribution in [0.4, 0.5) is 4.79 Å². The summed E-state index contributed by atoms with van der Waals surface area (Å²) in [6.45, 7) is 2.94. The van der Waals surface area contributed by atoms with Crippen molar-refractivity contribution in [1.29, 1.82) is 0 Å². The van der Waals surface area contributed by atoms with Crippen LogP contribution in [-0.2, 0) is 19.4 Å². The van der Waals surface area contributed by atoms with Gasteiger partial charge in [0.05, 0.1) is 7.11 Å². The number of carbonyl (C=O) groups excluding carboxylic acids is 1. The molecule has 2 rings (SSSR count). The van der Waals surface area contributed by atoms with E-state index >= 15 is 0 Å². The van der Waals surface area contributed by atoms with E-state index in [1.54, 1.807) is 19.1 Å². The van der Waals surface area contributed by atoms with E-state index < -0.39 is 0 Å². The number of nitrogens with one attached hydrogen (secondary N) is 1. The third-order valence-corrected chi connectivity index (χ3v) is 3.36. The Morgan fingerprint density at radius 2 is 2.09 bits per heavy atom. The highest BCUT2D eigenvalue weighted by Gasteiger charge is 2.10. The molecule has 0 atom stereocenters. The summed E-state index contributed by atoms with van der Waals surface area (Å²) in [7, 11) is 3.38. The monoisotopic (exact) mass is 318 g/mol. The number of aryl methyl sites for hydroxylation is 1. The summed E-state index contributed by atoms with van der Waals surface area (Å²) < 4.78 is 10.1. The van der Waals surface area contributed by atoms with Gasteiger partial charge in [0, 0.05) is 33.0 Å². The van der Waals surface area contributed by atoms with E-state index in [0.29, 0.717) is 37.6 Å². The second-order valence-corrected chi connectivity index (χ2v) is 5.14. The summed E-state index contributed by atoms with van der Waals surface area (Å²) in [4.78, 5) is 17.9. The van der Waals surface area contributed by atoms with Crippen LogP contribution in [0.25, 0.3) is 0 Å². The smallest absolute Gasteiger partial charge is 0.317 e. The van der Waals surface area contributed by atoms with Crippen LogP contribution in [0.15, 0.2) is 28.8 Å². The second-order valence-electron chi connectivity index (χ2n) is 5.14. The standard InChI is InChI=1S/C16H22N4O3/c1-4-15-18-14(19-23-15)9-10-17-16(21)20(2)11-12-5-7-13(22-3)8-6-12/h5-8H,4,9-11H2,1-3H3,(H,17,21). The van der Waals surface area contributed by atoms with Gasteiger partial charge in [-0.05, 0) is 17.7 Å². The maximum atomic E-state index is 12.0. The predicted molar refractivity (Wildman–Crippen MR) is 85.2 cm³/mol. The van der Waals surface area contributed by atoms with Crippen LogP contribution in [0.3, 0.4) is 0 Å². The largest absolute Gasteiger partial charge is 0.497 e. The molecule has 1 aromatic carbocycles. The highest BCUT2D eigenvalue weighted by molar-refractivity contribution is 5.73. The first-order chi connectivity index (χ1) is 11.1. The van der Waals surface area contributed by atoms with E-state index in [9.17, 15) is 4.79 Å². The highest BCUT2D eigenvalue weighted by Crippen LogP contribution is 2.12. The average molecular weight is 318 g/mol. The van der Waals surface area contributed by atoms with Crippen molar-refractivity contribution in [3.63, 3.8) is 0 Å². The van der Waals surface area contributed by atoms with Gasteiger partial charge in [-0.2, -0.15) is 4.98 Å². The summed E-state index contributed by atoms with van der Waals surface area (Å²) in [6.07, 6.45) is 1.26. The molecule has 1 aromatic heterocycles. The molecule has 2 amide bonds. The second kappa shape index (κ2) is 8.17. The fraction of sp³-hybridized carbons (Fsp3) is 0.438. The Balaban J connectivity index is 1.75. The van der Waals surface area contributed by atoms with Crippen molar-refractivity contribution in [1.82, 2.24) is 20.4 Å². The van der Waals surface area contributed by atoms with Gasteiger partial charge in [0.2, 0.25) is 5.89 Å². The van der Waals surface area contributed by atoms with Crippen molar-refractivity contribution in [2.75, 3.05) is 20.7 Å². The number of hydrogen-bond acceptors (Lipinski definition) is 5. The number of ether oxygens (including phenoxy) is 1. The molecule has 1 N–H and O–H groups in total. The minimum atomic E-state index is -0.139. The number of amides is 2. The summed E-state index contributed by atoms with van der Waals surface area (Å²) >= 11 is 0. The van der Waals surface area contributed by atoms with E-state index in [4.69, 9.17) is 9.26 Å². The molecule has 0 radical (unpaired) electrons. The van der Waals surface area contributed by atoms with Crippen LogP contribution in [0, 0.1) is 0 Å². The number of nitrogens with zero attached hydrogens (tertiary/aromatic N) is 3. The van der Waals surface area contributed by atoms with Gasteiger partial charge < -0.3 is 19.5 Å². The van der Waals surface area contributed by atoms with Crippen LogP contribution in [-0.4, -0.2) is 41.8 Å². The molecular weight excluding hydrogens is 296 g/mol. The van der Waals surface area contributed by atoms with Gasteiger partial charge in [-0.25, -0.2) is 4.79 Å². The first kappa shape index (κ1) is 16.8. The maximum absolute atomic E-state index is 12.0. The summed E-state index contributed by atoms with van der Waals surface area (Å²) in [5.41, 5.74) is 1.04. The fourth-order valence-electron chi connectivity index (χ4n) is 2.03. The van der Waals surface area contributed by atoms with E-state index in [1.165, 1.54) is 0 Å². The Morgan fingerprint density at radius 3 is 2.70 bits per heavy atom. The van der Waals surface area contributed by atoms with E-state index in [-0.39, 0.29) is 6.03 Å². The van der Waals surface area contributed by atoms with Crippen molar-refractivity contribution in [3.05, 3.63) is 41.5 Å². The molecule has 0 aliphatic rings. The van der Waals surface area contributed by atoms with Crippen LogP contribution in [0.5, 0.6) is 5.75 Å². The highest BCUT2D eigenvalue weighted by atomic mass is 16.5.